The molecule has 0 aliphatic heterocycles. The molecule has 0 aliphatic carbocycles. The van der Waals surface area contributed by atoms with Crippen LogP contribution < -0.4 is 0 Å². The van der Waals surface area contributed by atoms with E-state index in [-0.39, 0.29) is 5.88 Å². The molecule has 1 unspecified atom stereocenters. The molecule has 0 spiro atoms. The van der Waals surface area contributed by atoms with Gasteiger partial charge in [-0.1, -0.05) is 58.0 Å². The molecule has 0 heterocycles. The van der Waals surface area contributed by atoms with Crippen LogP contribution in [0.15, 0.2) is 0 Å². The molecule has 0 aromatic rings. The Hall–Kier alpha value is 2.03. The average Bonchev–Trinajstić information content (AvgIpc) is 1.83. The second kappa shape index (κ2) is 4.50. The normalized spacial score (nSPS) is 16.6. The first-order chi connectivity index (χ1) is 4.73. The maximum Gasteiger partial charge on any atom is 0.224 e. The second-order valence-corrected chi connectivity index (χ2v) is 6.25. The highest BCUT2D eigenvalue weighted by molar-refractivity contribution is 6.76. The fraction of sp³-hybridized carbons (Fsp3) is 1.00. The summed E-state index contributed by atoms with van der Waals surface area (Å²) < 4.78 is -3.53. The summed E-state index contributed by atoms with van der Waals surface area (Å²) in [6.45, 7) is 0. The molecule has 0 aromatic carbocycles. The van der Waals surface area contributed by atoms with Crippen LogP contribution in [0.4, 0.5) is 0 Å². The van der Waals surface area contributed by atoms with Gasteiger partial charge in [-0.2, -0.15) is 0 Å². The van der Waals surface area contributed by atoms with Gasteiger partial charge in [0, 0.05) is 5.88 Å². The molecule has 0 saturated carbocycles. The van der Waals surface area contributed by atoms with Gasteiger partial charge < -0.3 is 0 Å². The monoisotopic (exact) mass is 296 g/mol. The Morgan fingerprint density at radius 2 is 1.36 bits per heavy atom. The largest absolute Gasteiger partial charge is 0.224 e. The molecule has 0 rings (SSSR count). The van der Waals surface area contributed by atoms with Crippen molar-refractivity contribution < 1.29 is 0 Å². The molecule has 0 N–H and O–H groups in total. The molecule has 0 aliphatic rings. The van der Waals surface area contributed by atoms with E-state index in [4.69, 9.17) is 81.2 Å². The van der Waals surface area contributed by atoms with E-state index >= 15 is 0 Å². The molecular formula is C4H3Cl7. The van der Waals surface area contributed by atoms with Crippen molar-refractivity contribution in [1.29, 1.82) is 0 Å². The first-order valence-electron chi connectivity index (χ1n) is 2.38. The lowest BCUT2D eigenvalue weighted by atomic mass is 10.3. The summed E-state index contributed by atoms with van der Waals surface area (Å²) in [6, 6.07) is 0. The number of alkyl halides is 7. The highest BCUT2D eigenvalue weighted by Crippen LogP contribution is 2.49. The SMILES string of the molecule is ClCC(Cl)C(Cl)(Cl)C(Cl)(Cl)Cl. The molecule has 0 radical (unpaired) electrons. The first-order valence-corrected chi connectivity index (χ1v) is 5.24. The molecule has 0 aromatic heterocycles. The topological polar surface area (TPSA) is 0 Å². The van der Waals surface area contributed by atoms with Gasteiger partial charge in [-0.05, 0) is 0 Å². The van der Waals surface area contributed by atoms with Crippen molar-refractivity contribution in [3.63, 3.8) is 0 Å². The summed E-state index contributed by atoms with van der Waals surface area (Å²) in [5, 5.41) is -0.819. The molecule has 0 saturated heterocycles. The molecule has 0 nitrogen and oxygen atoms in total. The van der Waals surface area contributed by atoms with Crippen LogP contribution in [-0.4, -0.2) is 19.4 Å². The van der Waals surface area contributed by atoms with Gasteiger partial charge in [0.2, 0.25) is 3.79 Å². The molecule has 7 heteroatoms. The average molecular weight is 299 g/mol. The van der Waals surface area contributed by atoms with Crippen LogP contribution in [0.1, 0.15) is 0 Å². The zero-order valence-corrected chi connectivity index (χ0v) is 10.2. The van der Waals surface area contributed by atoms with Crippen LogP contribution in [0.2, 0.25) is 0 Å². The number of rotatable bonds is 2. The maximum atomic E-state index is 5.62. The standard InChI is InChI=1S/C4H3Cl7/c5-1-2(6)3(7,8)4(9,10)11/h2H,1H2. The lowest BCUT2D eigenvalue weighted by molar-refractivity contribution is 0.774. The number of hydrogen-bond donors (Lipinski definition) is 0. The molecular weight excluding hydrogens is 296 g/mol. The fourth-order valence-corrected chi connectivity index (χ4v) is 1.54. The lowest BCUT2D eigenvalue weighted by Crippen LogP contribution is -2.40. The predicted octanol–water partition coefficient (Wildman–Crippen LogP) is 4.38. The minimum Gasteiger partial charge on any atom is -0.125 e. The fourth-order valence-electron chi connectivity index (χ4n) is 0.274. The van der Waals surface area contributed by atoms with Crippen LogP contribution in [0, 0.1) is 0 Å². The Morgan fingerprint density at radius 1 is 1.00 bits per heavy atom. The van der Waals surface area contributed by atoms with E-state index in [1.807, 2.05) is 0 Å². The van der Waals surface area contributed by atoms with Crippen LogP contribution in [0.3, 0.4) is 0 Å². The van der Waals surface area contributed by atoms with E-state index in [9.17, 15) is 0 Å². The first kappa shape index (κ1) is 13.0. The van der Waals surface area contributed by atoms with Gasteiger partial charge in [0.25, 0.3) is 0 Å². The third kappa shape index (κ3) is 3.34. The van der Waals surface area contributed by atoms with Gasteiger partial charge in [-0.15, -0.1) is 23.2 Å². The summed E-state index contributed by atoms with van der Waals surface area (Å²) in [5.41, 5.74) is 0. The van der Waals surface area contributed by atoms with Crippen molar-refractivity contribution in [2.45, 2.75) is 13.5 Å². The van der Waals surface area contributed by atoms with E-state index in [0.29, 0.717) is 0 Å². The minimum absolute atomic E-state index is 0.00245. The van der Waals surface area contributed by atoms with E-state index in [1.54, 1.807) is 0 Å². The third-order valence-electron chi connectivity index (χ3n) is 0.907. The van der Waals surface area contributed by atoms with Crippen molar-refractivity contribution in [1.82, 2.24) is 0 Å². The maximum absolute atomic E-state index is 5.62. The molecule has 68 valence electrons. The predicted molar refractivity (Wildman–Crippen MR) is 55.1 cm³/mol. The smallest absolute Gasteiger partial charge is 0.125 e. The Labute approximate surface area is 100.0 Å². The molecule has 0 fully saturated rings. The van der Waals surface area contributed by atoms with Gasteiger partial charge in [-0.3, -0.25) is 0 Å². The second-order valence-electron chi connectivity index (χ2n) is 1.74. The number of halogens is 7. The van der Waals surface area contributed by atoms with Crippen LogP contribution in [0.25, 0.3) is 0 Å². The lowest BCUT2D eigenvalue weighted by Gasteiger charge is -2.30. The van der Waals surface area contributed by atoms with Crippen LogP contribution in [0.5, 0.6) is 0 Å². The molecule has 0 bridgehead atoms. The van der Waals surface area contributed by atoms with Gasteiger partial charge in [-0.25, -0.2) is 0 Å². The quantitative estimate of drug-likeness (QED) is 0.664. The summed E-state index contributed by atoms with van der Waals surface area (Å²) in [4.78, 5) is 0. The Kier molecular flexibility index (Phi) is 5.33. The summed E-state index contributed by atoms with van der Waals surface area (Å²) >= 11 is 38.5. The van der Waals surface area contributed by atoms with Crippen molar-refractivity contribution in [2.75, 3.05) is 5.88 Å². The van der Waals surface area contributed by atoms with E-state index in [0.717, 1.165) is 0 Å². The minimum atomic E-state index is -1.85. The van der Waals surface area contributed by atoms with Gasteiger partial charge in [0.1, 0.15) is 0 Å². The summed E-state index contributed by atoms with van der Waals surface area (Å²) in [6.07, 6.45) is 0. The summed E-state index contributed by atoms with van der Waals surface area (Å²) in [7, 11) is 0. The van der Waals surface area contributed by atoms with E-state index in [2.05, 4.69) is 0 Å². The van der Waals surface area contributed by atoms with Crippen LogP contribution in [-0.2, 0) is 0 Å². The van der Waals surface area contributed by atoms with E-state index in [1.165, 1.54) is 0 Å². The zero-order chi connectivity index (χ0) is 9.28. The summed E-state index contributed by atoms with van der Waals surface area (Å²) in [5.74, 6) is 0.00245. The van der Waals surface area contributed by atoms with Crippen molar-refractivity contribution in [2.24, 2.45) is 0 Å². The third-order valence-corrected chi connectivity index (χ3v) is 4.65. The Morgan fingerprint density at radius 3 is 1.45 bits per heavy atom. The Bertz CT molecular complexity index is 125. The highest BCUT2D eigenvalue weighted by Gasteiger charge is 2.50. The zero-order valence-electron chi connectivity index (χ0n) is 4.93. The molecule has 0 amide bonds. The Balaban J connectivity index is 4.45. The van der Waals surface area contributed by atoms with Gasteiger partial charge in [0.15, 0.2) is 4.33 Å². The van der Waals surface area contributed by atoms with Gasteiger partial charge >= 0.3 is 0 Å². The highest BCUT2D eigenvalue weighted by atomic mass is 35.6. The van der Waals surface area contributed by atoms with Crippen molar-refractivity contribution >= 4 is 81.2 Å². The molecule has 11 heavy (non-hydrogen) atoms. The van der Waals surface area contributed by atoms with Gasteiger partial charge in [0.05, 0.1) is 5.38 Å². The number of hydrogen-bond acceptors (Lipinski definition) is 0. The van der Waals surface area contributed by atoms with Crippen molar-refractivity contribution in [3.8, 4) is 0 Å². The van der Waals surface area contributed by atoms with Crippen LogP contribution >= 0.6 is 81.2 Å². The molecule has 1 atom stereocenters. The van der Waals surface area contributed by atoms with Crippen molar-refractivity contribution in [3.05, 3.63) is 0 Å². The van der Waals surface area contributed by atoms with E-state index < -0.39 is 13.5 Å².